The third-order valence-electron chi connectivity index (χ3n) is 11.0. The van der Waals surface area contributed by atoms with E-state index >= 15 is 0 Å². The fourth-order valence-corrected chi connectivity index (χ4v) is 10.9. The van der Waals surface area contributed by atoms with Gasteiger partial charge in [-0.1, -0.05) is 72.8 Å². The van der Waals surface area contributed by atoms with Gasteiger partial charge in [-0.25, -0.2) is 0 Å². The van der Waals surface area contributed by atoms with Crippen LogP contribution in [0.1, 0.15) is 0 Å². The fraction of sp³-hybridized carbons (Fsp3) is 0. The van der Waals surface area contributed by atoms with Crippen LogP contribution in [0, 0.1) is 0 Å². The number of rotatable bonds is 6. The molecule has 0 amide bonds. The molecule has 0 atom stereocenters. The smallest absolute Gasteiger partial charge is 0.0602 e. The molecule has 55 heavy (non-hydrogen) atoms. The molecule has 258 valence electrons. The van der Waals surface area contributed by atoms with Gasteiger partial charge in [0.2, 0.25) is 0 Å². The molecule has 0 aliphatic carbocycles. The van der Waals surface area contributed by atoms with E-state index in [2.05, 4.69) is 216 Å². The minimum atomic E-state index is 0.326. The summed E-state index contributed by atoms with van der Waals surface area (Å²) in [5.41, 5.74) is 11.8. The van der Waals surface area contributed by atoms with Gasteiger partial charge in [-0.2, -0.15) is 0 Å². The van der Waals surface area contributed by atoms with Gasteiger partial charge in [-0.3, -0.25) is 0 Å². The molecule has 2 nitrogen and oxygen atoms in total. The van der Waals surface area contributed by atoms with Crippen molar-refractivity contribution in [1.29, 1.82) is 0 Å². The van der Waals surface area contributed by atoms with Crippen molar-refractivity contribution in [2.24, 2.45) is 0 Å². The standard InChI is InChI=1S/C52H34N2Se/c1-2-15-38(16-3-1)54-49-23-10-7-19-44(49)47-34-40(30-32-50(47)54)53(48-22-9-6-18-43(48)42-21-12-14-36-13-4-5-17-41(36)42)39-28-25-35(26-29-39)37-27-31-46-45-20-8-11-24-51(45)55-52(46)33-37/h1-34H. The summed E-state index contributed by atoms with van der Waals surface area (Å²) >= 11 is 0.326. The molecule has 0 radical (unpaired) electrons. The Morgan fingerprint density at radius 3 is 1.89 bits per heavy atom. The van der Waals surface area contributed by atoms with Gasteiger partial charge >= 0.3 is 215 Å². The van der Waals surface area contributed by atoms with Crippen molar-refractivity contribution in [1.82, 2.24) is 4.57 Å². The number of aromatic nitrogens is 1. The van der Waals surface area contributed by atoms with Crippen molar-refractivity contribution in [2.45, 2.75) is 0 Å². The van der Waals surface area contributed by atoms with Crippen molar-refractivity contribution < 1.29 is 0 Å². The molecule has 11 aromatic rings. The number of fused-ring (bicyclic) bond motifs is 7. The van der Waals surface area contributed by atoms with E-state index in [1.54, 1.807) is 0 Å². The molecule has 0 aliphatic heterocycles. The van der Waals surface area contributed by atoms with Crippen LogP contribution in [0.3, 0.4) is 0 Å². The van der Waals surface area contributed by atoms with Crippen LogP contribution in [0.5, 0.6) is 0 Å². The molecule has 0 saturated carbocycles. The quantitative estimate of drug-likeness (QED) is 0.153. The molecular weight excluding hydrogens is 732 g/mol. The topological polar surface area (TPSA) is 8.17 Å². The second-order valence-electron chi connectivity index (χ2n) is 14.1. The van der Waals surface area contributed by atoms with Crippen LogP contribution >= 0.6 is 0 Å². The average molecular weight is 766 g/mol. The zero-order valence-electron chi connectivity index (χ0n) is 29.9. The average Bonchev–Trinajstić information content (AvgIpc) is 3.79. The van der Waals surface area contributed by atoms with Crippen LogP contribution in [-0.4, -0.2) is 19.1 Å². The van der Waals surface area contributed by atoms with E-state index in [1.807, 2.05) is 0 Å². The Morgan fingerprint density at radius 1 is 0.364 bits per heavy atom. The minimum absolute atomic E-state index is 0.326. The molecule has 0 spiro atoms. The molecule has 0 aliphatic rings. The Labute approximate surface area is 325 Å². The van der Waals surface area contributed by atoms with Crippen molar-refractivity contribution in [3.63, 3.8) is 0 Å². The van der Waals surface area contributed by atoms with Gasteiger partial charge < -0.3 is 4.57 Å². The third kappa shape index (κ3) is 5.32. The summed E-state index contributed by atoms with van der Waals surface area (Å²) in [6.07, 6.45) is 0. The van der Waals surface area contributed by atoms with Crippen LogP contribution in [-0.2, 0) is 0 Å². The molecule has 0 N–H and O–H groups in total. The number of benzene rings is 9. The van der Waals surface area contributed by atoms with Crippen molar-refractivity contribution in [2.75, 3.05) is 4.90 Å². The fourth-order valence-electron chi connectivity index (χ4n) is 8.45. The number of anilines is 3. The van der Waals surface area contributed by atoms with Crippen molar-refractivity contribution in [3.05, 3.63) is 206 Å². The van der Waals surface area contributed by atoms with E-state index in [4.69, 9.17) is 0 Å². The monoisotopic (exact) mass is 766 g/mol. The van der Waals surface area contributed by atoms with Crippen LogP contribution in [0.25, 0.3) is 79.8 Å². The zero-order chi connectivity index (χ0) is 36.3. The van der Waals surface area contributed by atoms with Crippen LogP contribution in [0.4, 0.5) is 17.1 Å². The summed E-state index contributed by atoms with van der Waals surface area (Å²) in [5.74, 6) is 0. The predicted octanol–water partition coefficient (Wildman–Crippen LogP) is 14.1. The van der Waals surface area contributed by atoms with Crippen LogP contribution < -0.4 is 4.90 Å². The summed E-state index contributed by atoms with van der Waals surface area (Å²) in [6, 6.07) is 75.6. The predicted molar refractivity (Wildman–Crippen MR) is 236 cm³/mol. The summed E-state index contributed by atoms with van der Waals surface area (Å²) in [6.45, 7) is 0. The first-order chi connectivity index (χ1) is 27.3. The normalized spacial score (nSPS) is 11.6. The molecule has 2 aromatic heterocycles. The number of hydrogen-bond acceptors (Lipinski definition) is 1. The summed E-state index contributed by atoms with van der Waals surface area (Å²) < 4.78 is 5.32. The molecule has 0 saturated heterocycles. The maximum absolute atomic E-state index is 2.44. The first-order valence-corrected chi connectivity index (χ1v) is 20.5. The molecule has 0 unspecified atom stereocenters. The Balaban J connectivity index is 1.10. The molecule has 3 heteroatoms. The van der Waals surface area contributed by atoms with Gasteiger partial charge in [0.25, 0.3) is 0 Å². The zero-order valence-corrected chi connectivity index (χ0v) is 31.6. The van der Waals surface area contributed by atoms with E-state index in [0.717, 1.165) is 22.7 Å². The summed E-state index contributed by atoms with van der Waals surface area (Å²) in [7, 11) is 0. The Morgan fingerprint density at radius 2 is 1.00 bits per heavy atom. The van der Waals surface area contributed by atoms with Gasteiger partial charge in [0.05, 0.1) is 5.52 Å². The van der Waals surface area contributed by atoms with Gasteiger partial charge in [-0.05, 0) is 23.6 Å². The van der Waals surface area contributed by atoms with Crippen molar-refractivity contribution >= 4 is 83.4 Å². The van der Waals surface area contributed by atoms with E-state index in [1.165, 1.54) is 74.1 Å². The SMILES string of the molecule is c1ccc(-n2c3ccccc3c3cc(N(c4ccc(-c5ccc6c(c5)[se]c5ccccc56)cc4)c4ccccc4-c4cccc5ccccc45)ccc32)cc1. The number of nitrogens with zero attached hydrogens (tertiary/aromatic N) is 2. The van der Waals surface area contributed by atoms with Gasteiger partial charge in [0, 0.05) is 5.69 Å². The minimum Gasteiger partial charge on any atom is -0.0602 e. The second kappa shape index (κ2) is 13.0. The van der Waals surface area contributed by atoms with Gasteiger partial charge in [0.1, 0.15) is 0 Å². The Kier molecular flexibility index (Phi) is 7.55. The molecule has 0 bridgehead atoms. The van der Waals surface area contributed by atoms with Crippen LogP contribution in [0.2, 0.25) is 0 Å². The molecule has 2 heterocycles. The maximum atomic E-state index is 2.44. The first kappa shape index (κ1) is 31.8. The van der Waals surface area contributed by atoms with E-state index < -0.39 is 0 Å². The van der Waals surface area contributed by atoms with E-state index in [-0.39, 0.29) is 0 Å². The Bertz CT molecular complexity index is 3200. The molecule has 0 fully saturated rings. The number of hydrogen-bond donors (Lipinski definition) is 0. The second-order valence-corrected chi connectivity index (χ2v) is 16.4. The molecular formula is C52H34N2Se. The van der Waals surface area contributed by atoms with Crippen molar-refractivity contribution in [3.8, 4) is 27.9 Å². The van der Waals surface area contributed by atoms with Gasteiger partial charge in [-0.15, -0.1) is 0 Å². The molecule has 11 rings (SSSR count). The van der Waals surface area contributed by atoms with Gasteiger partial charge in [0.15, 0.2) is 0 Å². The third-order valence-corrected chi connectivity index (χ3v) is 13.4. The number of para-hydroxylation sites is 3. The molecule has 9 aromatic carbocycles. The Hall–Kier alpha value is -6.64. The summed E-state index contributed by atoms with van der Waals surface area (Å²) in [4.78, 5) is 2.44. The van der Waals surface area contributed by atoms with Crippen LogP contribution in [0.15, 0.2) is 206 Å². The van der Waals surface area contributed by atoms with E-state index in [0.29, 0.717) is 14.5 Å². The summed E-state index contributed by atoms with van der Waals surface area (Å²) in [5, 5.41) is 7.72. The first-order valence-electron chi connectivity index (χ1n) is 18.8. The van der Waals surface area contributed by atoms with E-state index in [9.17, 15) is 0 Å².